The summed E-state index contributed by atoms with van der Waals surface area (Å²) in [6.45, 7) is 3.72. The van der Waals surface area contributed by atoms with Gasteiger partial charge in [-0.2, -0.15) is 0 Å². The molecule has 3 aromatic rings. The van der Waals surface area contributed by atoms with Crippen molar-refractivity contribution >= 4 is 40.5 Å². The molecule has 1 aromatic heterocycles. The number of rotatable bonds is 4. The zero-order valence-corrected chi connectivity index (χ0v) is 19.4. The number of aromatic nitrogens is 2. The first-order chi connectivity index (χ1) is 16.0. The molecule has 3 heterocycles. The lowest BCUT2D eigenvalue weighted by Gasteiger charge is -2.38. The Kier molecular flexibility index (Phi) is 5.77. The van der Waals surface area contributed by atoms with Crippen LogP contribution in [0.25, 0.3) is 10.9 Å². The first kappa shape index (κ1) is 21.8. The number of hydrogen-bond acceptors (Lipinski definition) is 7. The van der Waals surface area contributed by atoms with Gasteiger partial charge in [0.15, 0.2) is 5.79 Å². The normalized spacial score (nSPS) is 17.5. The molecule has 2 saturated heterocycles. The number of piperidine rings is 1. The summed E-state index contributed by atoms with van der Waals surface area (Å²) in [5.74, 6) is -0.00289. The maximum atomic E-state index is 11.9. The number of ether oxygens (including phenoxy) is 2. The molecule has 0 aliphatic carbocycles. The van der Waals surface area contributed by atoms with Gasteiger partial charge in [-0.25, -0.2) is 4.98 Å². The van der Waals surface area contributed by atoms with Gasteiger partial charge in [0.25, 0.3) is 5.91 Å². The van der Waals surface area contributed by atoms with Crippen molar-refractivity contribution in [2.45, 2.75) is 25.2 Å². The van der Waals surface area contributed by atoms with Crippen LogP contribution in [0.15, 0.2) is 42.5 Å². The Labute approximate surface area is 197 Å². The Morgan fingerprint density at radius 3 is 2.52 bits per heavy atom. The predicted octanol–water partition coefficient (Wildman–Crippen LogP) is 3.10. The van der Waals surface area contributed by atoms with Crippen LogP contribution in [-0.2, 0) is 16.0 Å². The average Bonchev–Trinajstić information content (AvgIpc) is 3.29. The largest absolute Gasteiger partial charge is 0.384 e. The van der Waals surface area contributed by atoms with Gasteiger partial charge >= 0.3 is 0 Å². The van der Waals surface area contributed by atoms with Crippen LogP contribution < -0.4 is 16.0 Å². The van der Waals surface area contributed by atoms with Crippen molar-refractivity contribution < 1.29 is 14.3 Å². The Bertz CT molecular complexity index is 1240. The van der Waals surface area contributed by atoms with Gasteiger partial charge in [0.05, 0.1) is 25.3 Å². The number of nitrogens with two attached hydrogens (primary N) is 1. The summed E-state index contributed by atoms with van der Waals surface area (Å²) >= 11 is 5.52. The number of hydrogen-bond donors (Lipinski definition) is 2. The number of carbonyl (C=O) groups excluding carboxylic acids is 1. The van der Waals surface area contributed by atoms with E-state index in [4.69, 9.17) is 27.4 Å². The lowest BCUT2D eigenvalue weighted by Crippen LogP contribution is -2.45. The van der Waals surface area contributed by atoms with Crippen molar-refractivity contribution in [1.82, 2.24) is 14.9 Å². The monoisotopic (exact) mass is 465 g/mol. The Morgan fingerprint density at radius 2 is 1.85 bits per heavy atom. The molecule has 0 saturated carbocycles. The molecule has 1 amide bonds. The molecule has 1 spiro atoms. The van der Waals surface area contributed by atoms with Crippen LogP contribution in [0.5, 0.6) is 0 Å². The van der Waals surface area contributed by atoms with Gasteiger partial charge in [0.1, 0.15) is 5.82 Å². The molecule has 2 fully saturated rings. The Hall–Kier alpha value is -3.01. The summed E-state index contributed by atoms with van der Waals surface area (Å²) in [5, 5.41) is 3.38. The Balaban J connectivity index is 1.33. The minimum Gasteiger partial charge on any atom is -0.384 e. The summed E-state index contributed by atoms with van der Waals surface area (Å²) in [5.41, 5.74) is 9.86. The van der Waals surface area contributed by atoms with Crippen molar-refractivity contribution in [2.24, 2.45) is 0 Å². The number of fused-ring (bicyclic) bond motifs is 1. The fourth-order valence-electron chi connectivity index (χ4n) is 4.58. The highest BCUT2D eigenvalue weighted by atomic mass is 32.1. The highest BCUT2D eigenvalue weighted by molar-refractivity contribution is 7.71. The molecule has 3 N–H and O–H groups in total. The van der Waals surface area contributed by atoms with Crippen molar-refractivity contribution in [3.05, 3.63) is 58.4 Å². The number of nitrogens with zero attached hydrogens (tertiary/aromatic N) is 3. The number of anilines is 2. The second-order valence-electron chi connectivity index (χ2n) is 8.44. The maximum absolute atomic E-state index is 11.9. The lowest BCUT2D eigenvalue weighted by atomic mass is 10.0. The minimum absolute atomic E-state index is 0.174. The fraction of sp³-hybridized carbons (Fsp3) is 0.375. The average molecular weight is 466 g/mol. The molecular formula is C24H27N5O3S. The molecular weight excluding hydrogens is 438 g/mol. The minimum atomic E-state index is -0.366. The number of benzene rings is 2. The third kappa shape index (κ3) is 4.19. The smallest absolute Gasteiger partial charge is 0.251 e. The van der Waals surface area contributed by atoms with Crippen molar-refractivity contribution in [3.63, 3.8) is 0 Å². The van der Waals surface area contributed by atoms with E-state index in [1.165, 1.54) is 5.69 Å². The third-order valence-electron chi connectivity index (χ3n) is 6.48. The summed E-state index contributed by atoms with van der Waals surface area (Å²) < 4.78 is 13.9. The van der Waals surface area contributed by atoms with E-state index in [1.807, 2.05) is 10.6 Å². The molecule has 2 aromatic carbocycles. The summed E-state index contributed by atoms with van der Waals surface area (Å²) in [6.07, 6.45) is 1.76. The Morgan fingerprint density at radius 1 is 1.15 bits per heavy atom. The van der Waals surface area contributed by atoms with E-state index < -0.39 is 0 Å². The zero-order chi connectivity index (χ0) is 23.0. The molecule has 0 radical (unpaired) electrons. The highest BCUT2D eigenvalue weighted by Gasteiger charge is 2.39. The van der Waals surface area contributed by atoms with E-state index in [-0.39, 0.29) is 11.7 Å². The number of nitrogen functional groups attached to an aromatic ring is 1. The fourth-order valence-corrected chi connectivity index (χ4v) is 4.84. The summed E-state index contributed by atoms with van der Waals surface area (Å²) in [7, 11) is 1.59. The first-order valence-electron chi connectivity index (χ1n) is 11.1. The van der Waals surface area contributed by atoms with Crippen LogP contribution in [0.3, 0.4) is 0 Å². The number of nitrogens with one attached hydrogen (secondary N) is 1. The van der Waals surface area contributed by atoms with E-state index in [2.05, 4.69) is 39.5 Å². The van der Waals surface area contributed by atoms with E-state index in [0.717, 1.165) is 36.9 Å². The molecule has 0 unspecified atom stereocenters. The van der Waals surface area contributed by atoms with E-state index in [0.29, 0.717) is 41.4 Å². The van der Waals surface area contributed by atoms with E-state index >= 15 is 0 Å². The second-order valence-corrected chi connectivity index (χ2v) is 8.80. The summed E-state index contributed by atoms with van der Waals surface area (Å²) in [6, 6.07) is 13.7. The quantitative estimate of drug-likeness (QED) is 0.572. The molecule has 9 heteroatoms. The molecule has 2 aliphatic rings. The van der Waals surface area contributed by atoms with E-state index in [9.17, 15) is 4.79 Å². The van der Waals surface area contributed by atoms with Gasteiger partial charge in [-0.15, -0.1) is 0 Å². The molecule has 5 rings (SSSR count). The van der Waals surface area contributed by atoms with Crippen molar-refractivity contribution in [2.75, 3.05) is 44.0 Å². The van der Waals surface area contributed by atoms with Crippen LogP contribution >= 0.6 is 12.2 Å². The van der Waals surface area contributed by atoms with Crippen LogP contribution in [0.2, 0.25) is 0 Å². The van der Waals surface area contributed by atoms with Gasteiger partial charge in [-0.05, 0) is 48.1 Å². The molecule has 8 nitrogen and oxygen atoms in total. The molecule has 33 heavy (non-hydrogen) atoms. The van der Waals surface area contributed by atoms with Gasteiger partial charge in [0.2, 0.25) is 4.77 Å². The molecule has 172 valence electrons. The third-order valence-corrected chi connectivity index (χ3v) is 6.79. The zero-order valence-electron chi connectivity index (χ0n) is 18.5. The van der Waals surface area contributed by atoms with Crippen LogP contribution in [-0.4, -0.2) is 54.6 Å². The van der Waals surface area contributed by atoms with Crippen molar-refractivity contribution in [3.8, 4) is 0 Å². The number of carbonyl (C=O) groups is 1. The van der Waals surface area contributed by atoms with Crippen LogP contribution in [0.4, 0.5) is 11.5 Å². The van der Waals surface area contributed by atoms with Crippen LogP contribution in [0.1, 0.15) is 28.8 Å². The number of amides is 1. The second kappa shape index (κ2) is 8.74. The van der Waals surface area contributed by atoms with E-state index in [1.54, 1.807) is 19.2 Å². The SMILES string of the molecule is CNC(=O)c1ccc2c(N)n(Cc3ccc(N4CCC5(CC4)OCCO5)cc3)c(=S)nc2c1. The van der Waals surface area contributed by atoms with Gasteiger partial charge in [-0.3, -0.25) is 9.36 Å². The topological polar surface area (TPSA) is 94.6 Å². The maximum Gasteiger partial charge on any atom is 0.251 e. The first-order valence-corrected chi connectivity index (χ1v) is 11.5. The molecule has 0 bridgehead atoms. The molecule has 2 aliphatic heterocycles. The standard InChI is InChI=1S/C24H27N5O3S/c1-26-22(30)17-4-7-19-20(14-17)27-23(33)29(21(19)25)15-16-2-5-18(6-3-16)28-10-8-24(9-11-28)31-12-13-32-24/h2-7,14H,8-13,15,25H2,1H3,(H,26,30). The van der Waals surface area contributed by atoms with Gasteiger partial charge in [0, 0.05) is 49.6 Å². The molecule has 0 atom stereocenters. The predicted molar refractivity (Wildman–Crippen MR) is 130 cm³/mol. The van der Waals surface area contributed by atoms with Gasteiger partial charge < -0.3 is 25.4 Å². The van der Waals surface area contributed by atoms with Crippen molar-refractivity contribution in [1.29, 1.82) is 0 Å². The summed E-state index contributed by atoms with van der Waals surface area (Å²) in [4.78, 5) is 18.8. The van der Waals surface area contributed by atoms with Gasteiger partial charge in [-0.1, -0.05) is 12.1 Å². The lowest BCUT2D eigenvalue weighted by molar-refractivity contribution is -0.169. The van der Waals surface area contributed by atoms with Crippen LogP contribution in [0, 0.1) is 4.77 Å². The highest BCUT2D eigenvalue weighted by Crippen LogP contribution is 2.33.